The van der Waals surface area contributed by atoms with Crippen molar-refractivity contribution in [3.8, 4) is 6.07 Å². The quantitative estimate of drug-likeness (QED) is 0.550. The van der Waals surface area contributed by atoms with E-state index < -0.39 is 17.8 Å². The molecule has 1 unspecified atom stereocenters. The Balaban J connectivity index is 2.17. The second-order valence-electron chi connectivity index (χ2n) is 6.86. The molecule has 29 heavy (non-hydrogen) atoms. The molecule has 3 rings (SSSR count). The molecule has 5 nitrogen and oxygen atoms in total. The smallest absolute Gasteiger partial charge is 0.337 e. The highest BCUT2D eigenvalue weighted by Gasteiger charge is 2.26. The van der Waals surface area contributed by atoms with Gasteiger partial charge >= 0.3 is 5.97 Å². The predicted octanol–water partition coefficient (Wildman–Crippen LogP) is 5.63. The van der Waals surface area contributed by atoms with E-state index in [2.05, 4.69) is 11.4 Å². The first-order valence-electron chi connectivity index (χ1n) is 8.97. The molecule has 0 aliphatic rings. The number of aromatic nitrogens is 1. The summed E-state index contributed by atoms with van der Waals surface area (Å²) in [7, 11) is 0. The van der Waals surface area contributed by atoms with Crippen LogP contribution in [0.5, 0.6) is 0 Å². The lowest BCUT2D eigenvalue weighted by Crippen LogP contribution is -2.20. The van der Waals surface area contributed by atoms with Crippen molar-refractivity contribution in [2.75, 3.05) is 5.32 Å². The van der Waals surface area contributed by atoms with Crippen molar-refractivity contribution in [3.63, 3.8) is 0 Å². The van der Waals surface area contributed by atoms with Gasteiger partial charge in [-0.2, -0.15) is 5.26 Å². The zero-order valence-corrected chi connectivity index (χ0v) is 16.6. The Bertz CT molecular complexity index is 1080. The van der Waals surface area contributed by atoms with Gasteiger partial charge in [0.15, 0.2) is 0 Å². The van der Waals surface area contributed by atoms with Gasteiger partial charge in [0, 0.05) is 17.9 Å². The maximum absolute atomic E-state index is 13.6. The van der Waals surface area contributed by atoms with E-state index in [0.717, 1.165) is 5.56 Å². The molecule has 3 aromatic rings. The van der Waals surface area contributed by atoms with Gasteiger partial charge in [-0.15, -0.1) is 0 Å². The van der Waals surface area contributed by atoms with Crippen LogP contribution in [0.1, 0.15) is 53.1 Å². The highest BCUT2D eigenvalue weighted by molar-refractivity contribution is 6.31. The number of anilines is 1. The van der Waals surface area contributed by atoms with Gasteiger partial charge in [-0.3, -0.25) is 0 Å². The van der Waals surface area contributed by atoms with E-state index in [9.17, 15) is 14.3 Å². The summed E-state index contributed by atoms with van der Waals surface area (Å²) in [6.07, 6.45) is 1.74. The minimum absolute atomic E-state index is 0.0117. The number of rotatable bonds is 6. The number of nitrogens with one attached hydrogen (secondary N) is 1. The Labute approximate surface area is 173 Å². The summed E-state index contributed by atoms with van der Waals surface area (Å²) in [6, 6.07) is 14.2. The van der Waals surface area contributed by atoms with Crippen molar-refractivity contribution in [2.45, 2.75) is 25.9 Å². The molecule has 7 heteroatoms. The Morgan fingerprint density at radius 1 is 1.21 bits per heavy atom. The molecule has 1 atom stereocenters. The zero-order chi connectivity index (χ0) is 21.1. The standard InChI is InChI=1S/C22H19ClFN3O2/c1-13(2)27-10-9-17(22(28)29)21(27)20(15-5-3-14(12-25)4-6-15)26-16-7-8-19(24)18(23)11-16/h3-11,13,20,26H,1-2H3,(H,28,29). The summed E-state index contributed by atoms with van der Waals surface area (Å²) >= 11 is 5.92. The van der Waals surface area contributed by atoms with E-state index in [0.29, 0.717) is 16.9 Å². The molecule has 0 aliphatic heterocycles. The zero-order valence-electron chi connectivity index (χ0n) is 15.9. The van der Waals surface area contributed by atoms with E-state index in [1.807, 2.05) is 18.4 Å². The Morgan fingerprint density at radius 2 is 1.90 bits per heavy atom. The SMILES string of the molecule is CC(C)n1ccc(C(=O)O)c1C(Nc1ccc(F)c(Cl)c1)c1ccc(C#N)cc1. The first kappa shape index (κ1) is 20.4. The van der Waals surface area contributed by atoms with Gasteiger partial charge in [-0.1, -0.05) is 23.7 Å². The van der Waals surface area contributed by atoms with Crippen LogP contribution < -0.4 is 5.32 Å². The summed E-state index contributed by atoms with van der Waals surface area (Å²) in [5.41, 5.74) is 2.51. The minimum atomic E-state index is -1.04. The molecule has 0 saturated carbocycles. The van der Waals surface area contributed by atoms with E-state index in [1.54, 1.807) is 42.6 Å². The first-order chi connectivity index (χ1) is 13.8. The Kier molecular flexibility index (Phi) is 5.90. The lowest BCUT2D eigenvalue weighted by Gasteiger charge is -2.25. The van der Waals surface area contributed by atoms with Gasteiger partial charge in [0.05, 0.1) is 34.0 Å². The third kappa shape index (κ3) is 4.25. The second-order valence-corrected chi connectivity index (χ2v) is 7.27. The summed E-state index contributed by atoms with van der Waals surface area (Å²) in [5.74, 6) is -1.58. The number of nitriles is 1. The van der Waals surface area contributed by atoms with Crippen LogP contribution in [0.15, 0.2) is 54.7 Å². The maximum atomic E-state index is 13.6. The van der Waals surface area contributed by atoms with Crippen LogP contribution in [0, 0.1) is 17.1 Å². The van der Waals surface area contributed by atoms with Gasteiger partial charge in [0.25, 0.3) is 0 Å². The summed E-state index contributed by atoms with van der Waals surface area (Å²) in [5, 5.41) is 22.0. The Hall–Kier alpha value is -3.30. The number of carboxylic acid groups (broad SMARTS) is 1. The van der Waals surface area contributed by atoms with Crippen LogP contribution in [-0.4, -0.2) is 15.6 Å². The summed E-state index contributed by atoms with van der Waals surface area (Å²) in [6.45, 7) is 3.92. The van der Waals surface area contributed by atoms with Crippen molar-refractivity contribution >= 4 is 23.3 Å². The molecule has 2 aromatic carbocycles. The topological polar surface area (TPSA) is 78.1 Å². The van der Waals surface area contributed by atoms with Gasteiger partial charge in [0.1, 0.15) is 5.82 Å². The van der Waals surface area contributed by atoms with Crippen LogP contribution in [-0.2, 0) is 0 Å². The van der Waals surface area contributed by atoms with Gasteiger partial charge in [-0.25, -0.2) is 9.18 Å². The fraction of sp³-hybridized carbons (Fsp3) is 0.182. The fourth-order valence-electron chi connectivity index (χ4n) is 3.21. The average molecular weight is 412 g/mol. The van der Waals surface area contributed by atoms with Crippen LogP contribution in [0.3, 0.4) is 0 Å². The molecule has 0 fully saturated rings. The summed E-state index contributed by atoms with van der Waals surface area (Å²) in [4.78, 5) is 11.9. The lowest BCUT2D eigenvalue weighted by molar-refractivity contribution is 0.0695. The molecular formula is C22H19ClFN3O2. The van der Waals surface area contributed by atoms with Crippen molar-refractivity contribution in [3.05, 3.63) is 88.0 Å². The molecule has 1 aromatic heterocycles. The number of hydrogen-bond acceptors (Lipinski definition) is 3. The molecule has 0 aliphatic carbocycles. The van der Waals surface area contributed by atoms with E-state index in [-0.39, 0.29) is 16.6 Å². The van der Waals surface area contributed by atoms with Gasteiger partial charge in [-0.05, 0) is 55.8 Å². The van der Waals surface area contributed by atoms with E-state index >= 15 is 0 Å². The van der Waals surface area contributed by atoms with Crippen molar-refractivity contribution in [1.82, 2.24) is 4.57 Å². The molecule has 0 spiro atoms. The second kappa shape index (κ2) is 8.38. The molecule has 1 heterocycles. The monoisotopic (exact) mass is 411 g/mol. The lowest BCUT2D eigenvalue weighted by atomic mass is 9.98. The van der Waals surface area contributed by atoms with Crippen LogP contribution in [0.2, 0.25) is 5.02 Å². The first-order valence-corrected chi connectivity index (χ1v) is 9.35. The Morgan fingerprint density at radius 3 is 2.45 bits per heavy atom. The molecule has 0 bridgehead atoms. The van der Waals surface area contributed by atoms with Crippen molar-refractivity contribution in [1.29, 1.82) is 5.26 Å². The largest absolute Gasteiger partial charge is 0.478 e. The number of aromatic carboxylic acids is 1. The number of carboxylic acids is 1. The molecule has 2 N–H and O–H groups in total. The number of halogens is 2. The molecule has 148 valence electrons. The van der Waals surface area contributed by atoms with Crippen LogP contribution in [0.4, 0.5) is 10.1 Å². The minimum Gasteiger partial charge on any atom is -0.478 e. The average Bonchev–Trinajstić information content (AvgIpc) is 3.14. The fourth-order valence-corrected chi connectivity index (χ4v) is 3.39. The van der Waals surface area contributed by atoms with Gasteiger partial charge < -0.3 is 15.0 Å². The van der Waals surface area contributed by atoms with Gasteiger partial charge in [0.2, 0.25) is 0 Å². The number of carbonyl (C=O) groups is 1. The normalized spacial score (nSPS) is 11.9. The predicted molar refractivity (Wildman–Crippen MR) is 110 cm³/mol. The van der Waals surface area contributed by atoms with Crippen molar-refractivity contribution in [2.24, 2.45) is 0 Å². The number of benzene rings is 2. The number of hydrogen-bond donors (Lipinski definition) is 2. The number of nitrogens with zero attached hydrogens (tertiary/aromatic N) is 2. The maximum Gasteiger partial charge on any atom is 0.337 e. The van der Waals surface area contributed by atoms with Crippen LogP contribution in [0.25, 0.3) is 0 Å². The molecule has 0 radical (unpaired) electrons. The molecular weight excluding hydrogens is 393 g/mol. The molecule has 0 saturated heterocycles. The highest BCUT2D eigenvalue weighted by Crippen LogP contribution is 2.33. The third-order valence-electron chi connectivity index (χ3n) is 4.62. The molecule has 0 amide bonds. The summed E-state index contributed by atoms with van der Waals surface area (Å²) < 4.78 is 15.5. The van der Waals surface area contributed by atoms with E-state index in [1.165, 1.54) is 12.1 Å². The van der Waals surface area contributed by atoms with Crippen molar-refractivity contribution < 1.29 is 14.3 Å². The van der Waals surface area contributed by atoms with E-state index in [4.69, 9.17) is 16.9 Å². The highest BCUT2D eigenvalue weighted by atomic mass is 35.5. The van der Waals surface area contributed by atoms with Crippen LogP contribution >= 0.6 is 11.6 Å². The third-order valence-corrected chi connectivity index (χ3v) is 4.91.